The first-order chi connectivity index (χ1) is 9.03. The molecule has 2 N–H and O–H groups in total. The summed E-state index contributed by atoms with van der Waals surface area (Å²) in [7, 11) is -3.90. The predicted molar refractivity (Wildman–Crippen MR) is 69.2 cm³/mol. The molecule has 0 unspecified atom stereocenters. The van der Waals surface area contributed by atoms with E-state index in [4.69, 9.17) is 9.39 Å². The van der Waals surface area contributed by atoms with Crippen molar-refractivity contribution in [2.75, 3.05) is 0 Å². The fraction of sp³-hybridized carbons (Fsp3) is 0.0833. The summed E-state index contributed by atoms with van der Waals surface area (Å²) in [5.41, 5.74) is 1.21. The van der Waals surface area contributed by atoms with Crippen molar-refractivity contribution in [1.29, 1.82) is 0 Å². The molecule has 2 aromatic rings. The van der Waals surface area contributed by atoms with Crippen LogP contribution in [0.4, 0.5) is 0 Å². The summed E-state index contributed by atoms with van der Waals surface area (Å²) in [6.45, 7) is 1.86. The first-order valence-corrected chi connectivity index (χ1v) is 6.80. The van der Waals surface area contributed by atoms with Crippen molar-refractivity contribution in [3.05, 3.63) is 47.8 Å². The van der Waals surface area contributed by atoms with Gasteiger partial charge in [0, 0.05) is 12.3 Å². The van der Waals surface area contributed by atoms with Crippen LogP contribution in [0.3, 0.4) is 0 Å². The Morgan fingerprint density at radius 1 is 1.26 bits per heavy atom. The molecule has 1 aromatic carbocycles. The standard InChI is InChI=1S/C12H12N2O4S/c1-9-2-4-10(5-3-9)19(16,17)18-12-6-7-13-11(12)8-14-15/h2-8,13,15H,1H3. The Hall–Kier alpha value is -2.28. The van der Waals surface area contributed by atoms with Gasteiger partial charge in [-0.15, -0.1) is 0 Å². The van der Waals surface area contributed by atoms with Crippen molar-refractivity contribution in [3.63, 3.8) is 0 Å². The molecule has 0 fully saturated rings. The fourth-order valence-corrected chi connectivity index (χ4v) is 2.42. The van der Waals surface area contributed by atoms with E-state index in [1.54, 1.807) is 12.1 Å². The molecule has 0 aliphatic heterocycles. The van der Waals surface area contributed by atoms with Crippen LogP contribution >= 0.6 is 0 Å². The lowest BCUT2D eigenvalue weighted by atomic mass is 10.2. The molecule has 0 spiro atoms. The van der Waals surface area contributed by atoms with Gasteiger partial charge in [0.1, 0.15) is 10.6 Å². The maximum atomic E-state index is 12.0. The molecule has 19 heavy (non-hydrogen) atoms. The number of aromatic nitrogens is 1. The van der Waals surface area contributed by atoms with Gasteiger partial charge >= 0.3 is 10.1 Å². The highest BCUT2D eigenvalue weighted by Gasteiger charge is 2.18. The first-order valence-electron chi connectivity index (χ1n) is 5.39. The predicted octanol–water partition coefficient (Wildman–Crippen LogP) is 1.90. The highest BCUT2D eigenvalue weighted by Crippen LogP contribution is 2.21. The maximum absolute atomic E-state index is 12.0. The van der Waals surface area contributed by atoms with Crippen molar-refractivity contribution in [1.82, 2.24) is 4.98 Å². The lowest BCUT2D eigenvalue weighted by Gasteiger charge is -2.06. The van der Waals surface area contributed by atoms with E-state index in [-0.39, 0.29) is 16.3 Å². The molecule has 100 valence electrons. The summed E-state index contributed by atoms with van der Waals surface area (Å²) in [4.78, 5) is 2.75. The zero-order valence-electron chi connectivity index (χ0n) is 10.1. The van der Waals surface area contributed by atoms with Gasteiger partial charge in [-0.05, 0) is 19.1 Å². The quantitative estimate of drug-likeness (QED) is 0.387. The van der Waals surface area contributed by atoms with Crippen LogP contribution in [0.15, 0.2) is 46.6 Å². The summed E-state index contributed by atoms with van der Waals surface area (Å²) >= 11 is 0. The van der Waals surface area contributed by atoms with Gasteiger partial charge in [0.15, 0.2) is 5.75 Å². The van der Waals surface area contributed by atoms with Gasteiger partial charge in [-0.3, -0.25) is 0 Å². The number of hydrogen-bond donors (Lipinski definition) is 2. The molecule has 0 amide bonds. The van der Waals surface area contributed by atoms with Crippen molar-refractivity contribution >= 4 is 16.3 Å². The summed E-state index contributed by atoms with van der Waals surface area (Å²) in [5, 5.41) is 11.3. The van der Waals surface area contributed by atoms with Crippen molar-refractivity contribution in [2.24, 2.45) is 5.16 Å². The first kappa shape index (κ1) is 13.2. The Labute approximate surface area is 110 Å². The van der Waals surface area contributed by atoms with E-state index in [0.717, 1.165) is 11.8 Å². The molecule has 0 bridgehead atoms. The summed E-state index contributed by atoms with van der Waals surface area (Å²) in [6.07, 6.45) is 2.54. The maximum Gasteiger partial charge on any atom is 0.339 e. The number of H-pyrrole nitrogens is 1. The average Bonchev–Trinajstić information content (AvgIpc) is 2.77. The molecule has 0 saturated heterocycles. The van der Waals surface area contributed by atoms with Crippen LogP contribution < -0.4 is 4.18 Å². The second-order valence-corrected chi connectivity index (χ2v) is 5.40. The average molecular weight is 280 g/mol. The molecule has 0 atom stereocenters. The number of nitrogens with zero attached hydrogens (tertiary/aromatic N) is 1. The highest BCUT2D eigenvalue weighted by molar-refractivity contribution is 7.87. The molecule has 0 radical (unpaired) electrons. The SMILES string of the molecule is Cc1ccc(S(=O)(=O)Oc2cc[nH]c2C=NO)cc1. The van der Waals surface area contributed by atoms with Crippen molar-refractivity contribution < 1.29 is 17.8 Å². The third-order valence-electron chi connectivity index (χ3n) is 2.43. The van der Waals surface area contributed by atoms with E-state index < -0.39 is 10.1 Å². The number of oxime groups is 1. The van der Waals surface area contributed by atoms with Gasteiger partial charge < -0.3 is 14.4 Å². The molecule has 6 nitrogen and oxygen atoms in total. The number of aromatic amines is 1. The van der Waals surface area contributed by atoms with Crippen LogP contribution in [0, 0.1) is 6.92 Å². The molecular formula is C12H12N2O4S. The molecule has 2 rings (SSSR count). The molecular weight excluding hydrogens is 268 g/mol. The van der Waals surface area contributed by atoms with Crippen LogP contribution in [-0.4, -0.2) is 24.8 Å². The van der Waals surface area contributed by atoms with Crippen molar-refractivity contribution in [3.8, 4) is 5.75 Å². The number of benzene rings is 1. The smallest absolute Gasteiger partial charge is 0.339 e. The van der Waals surface area contributed by atoms with Gasteiger partial charge in [-0.25, -0.2) is 0 Å². The highest BCUT2D eigenvalue weighted by atomic mass is 32.2. The Morgan fingerprint density at radius 3 is 2.58 bits per heavy atom. The molecule has 0 aliphatic carbocycles. The van der Waals surface area contributed by atoms with Crippen LogP contribution in [-0.2, 0) is 10.1 Å². The Balaban J connectivity index is 2.31. The molecule has 0 saturated carbocycles. The van der Waals surface area contributed by atoms with E-state index >= 15 is 0 Å². The summed E-state index contributed by atoms with van der Waals surface area (Å²) < 4.78 is 29.0. The molecule has 1 aromatic heterocycles. The third-order valence-corrected chi connectivity index (χ3v) is 3.68. The lowest BCUT2D eigenvalue weighted by molar-refractivity contribution is 0.321. The molecule has 7 heteroatoms. The van der Waals surface area contributed by atoms with E-state index in [9.17, 15) is 8.42 Å². The van der Waals surface area contributed by atoms with E-state index in [2.05, 4.69) is 10.1 Å². The number of aryl methyl sites for hydroxylation is 1. The topological polar surface area (TPSA) is 91.8 Å². The van der Waals surface area contributed by atoms with Gasteiger partial charge in [0.05, 0.1) is 6.21 Å². The number of nitrogens with one attached hydrogen (secondary N) is 1. The Kier molecular flexibility index (Phi) is 3.57. The minimum atomic E-state index is -3.90. The van der Waals surface area contributed by atoms with E-state index in [1.807, 2.05) is 6.92 Å². The summed E-state index contributed by atoms with van der Waals surface area (Å²) in [6, 6.07) is 7.74. The van der Waals surface area contributed by atoms with Gasteiger partial charge in [0.25, 0.3) is 0 Å². The third kappa shape index (κ3) is 2.94. The minimum Gasteiger partial charge on any atom is -0.411 e. The van der Waals surface area contributed by atoms with Gasteiger partial charge in [-0.1, -0.05) is 22.9 Å². The van der Waals surface area contributed by atoms with E-state index in [1.165, 1.54) is 24.4 Å². The summed E-state index contributed by atoms with van der Waals surface area (Å²) in [5.74, 6) is 0.0679. The zero-order chi connectivity index (χ0) is 13.9. The van der Waals surface area contributed by atoms with Crippen LogP contribution in [0.5, 0.6) is 5.75 Å². The Bertz CT molecular complexity index is 687. The number of hydrogen-bond acceptors (Lipinski definition) is 5. The van der Waals surface area contributed by atoms with E-state index in [0.29, 0.717) is 0 Å². The second kappa shape index (κ2) is 5.15. The van der Waals surface area contributed by atoms with Crippen molar-refractivity contribution in [2.45, 2.75) is 11.8 Å². The minimum absolute atomic E-state index is 0.0613. The van der Waals surface area contributed by atoms with Gasteiger partial charge in [0.2, 0.25) is 0 Å². The second-order valence-electron chi connectivity index (χ2n) is 3.85. The molecule has 1 heterocycles. The van der Waals surface area contributed by atoms with Gasteiger partial charge in [-0.2, -0.15) is 8.42 Å². The normalized spacial score (nSPS) is 11.8. The van der Waals surface area contributed by atoms with Crippen LogP contribution in [0.2, 0.25) is 0 Å². The largest absolute Gasteiger partial charge is 0.411 e. The van der Waals surface area contributed by atoms with Crippen LogP contribution in [0.25, 0.3) is 0 Å². The molecule has 0 aliphatic rings. The monoisotopic (exact) mass is 280 g/mol. The Morgan fingerprint density at radius 2 is 1.95 bits per heavy atom. The number of rotatable bonds is 4. The van der Waals surface area contributed by atoms with Crippen LogP contribution in [0.1, 0.15) is 11.3 Å². The fourth-order valence-electron chi connectivity index (χ4n) is 1.47. The zero-order valence-corrected chi connectivity index (χ0v) is 10.9. The lowest BCUT2D eigenvalue weighted by Crippen LogP contribution is -2.10.